The van der Waals surface area contributed by atoms with Gasteiger partial charge in [0.15, 0.2) is 9.84 Å². The minimum atomic E-state index is -3.75. The van der Waals surface area contributed by atoms with Gasteiger partial charge in [-0.25, -0.2) is 8.42 Å². The van der Waals surface area contributed by atoms with Crippen molar-refractivity contribution in [2.75, 3.05) is 18.9 Å². The van der Waals surface area contributed by atoms with Crippen LogP contribution in [0.15, 0.2) is 12.2 Å². The van der Waals surface area contributed by atoms with Gasteiger partial charge in [0.25, 0.3) is 0 Å². The zero-order valence-corrected chi connectivity index (χ0v) is 20.2. The molecule has 0 aliphatic carbocycles. The van der Waals surface area contributed by atoms with E-state index in [9.17, 15) is 18.0 Å². The Balaban J connectivity index is 2.02. The first-order valence-electron chi connectivity index (χ1n) is 12.3. The number of carbonyl (C=O) groups excluding carboxylic acids is 2. The molecule has 1 unspecified atom stereocenters. The number of aliphatic hydroxyl groups excluding tert-OH is 1. The summed E-state index contributed by atoms with van der Waals surface area (Å²) in [5.41, 5.74) is 0. The van der Waals surface area contributed by atoms with E-state index in [1.54, 1.807) is 0 Å². The fourth-order valence-electron chi connectivity index (χ4n) is 3.96. The lowest BCUT2D eigenvalue weighted by Crippen LogP contribution is -2.37. The molecular formula is C24H43NO5S. The van der Waals surface area contributed by atoms with Crippen molar-refractivity contribution in [2.45, 2.75) is 108 Å². The number of imide groups is 1. The molecule has 1 saturated heterocycles. The molecule has 2 amide bonds. The molecule has 0 aromatic carbocycles. The molecule has 1 rings (SSSR count). The second kappa shape index (κ2) is 16.4. The maximum absolute atomic E-state index is 12.3. The Morgan fingerprint density at radius 3 is 1.94 bits per heavy atom. The van der Waals surface area contributed by atoms with Gasteiger partial charge in [-0.15, -0.1) is 0 Å². The second-order valence-corrected chi connectivity index (χ2v) is 10.9. The average Bonchev–Trinajstić information content (AvgIpc) is 3.02. The van der Waals surface area contributed by atoms with Gasteiger partial charge < -0.3 is 5.11 Å². The van der Waals surface area contributed by atoms with Crippen LogP contribution in [0.25, 0.3) is 0 Å². The number of carbonyl (C=O) groups is 2. The van der Waals surface area contributed by atoms with E-state index in [1.165, 1.54) is 57.8 Å². The number of likely N-dealkylation sites (tertiary alicyclic amines) is 1. The lowest BCUT2D eigenvalue weighted by molar-refractivity contribution is -0.138. The molecule has 0 bridgehead atoms. The van der Waals surface area contributed by atoms with Crippen molar-refractivity contribution in [2.24, 2.45) is 0 Å². The summed E-state index contributed by atoms with van der Waals surface area (Å²) in [6.45, 7) is 2.01. The van der Waals surface area contributed by atoms with Gasteiger partial charge in [0, 0.05) is 6.54 Å². The van der Waals surface area contributed by atoms with Gasteiger partial charge in [0.1, 0.15) is 5.25 Å². The Labute approximate surface area is 189 Å². The summed E-state index contributed by atoms with van der Waals surface area (Å²) in [7, 11) is -3.75. The van der Waals surface area contributed by atoms with Crippen LogP contribution in [-0.4, -0.2) is 54.4 Å². The van der Waals surface area contributed by atoms with Crippen LogP contribution in [0.5, 0.6) is 0 Å². The first-order chi connectivity index (χ1) is 14.9. The summed E-state index contributed by atoms with van der Waals surface area (Å²) in [5.74, 6) is -1.51. The quantitative estimate of drug-likeness (QED) is 0.174. The van der Waals surface area contributed by atoms with E-state index in [1.807, 2.05) is 0 Å². The lowest BCUT2D eigenvalue weighted by atomic mass is 10.1. The molecule has 1 fully saturated rings. The molecule has 180 valence electrons. The first-order valence-corrected chi connectivity index (χ1v) is 14.0. The highest BCUT2D eigenvalue weighted by atomic mass is 32.2. The second-order valence-electron chi connectivity index (χ2n) is 8.60. The van der Waals surface area contributed by atoms with Crippen molar-refractivity contribution in [3.8, 4) is 0 Å². The smallest absolute Gasteiger partial charge is 0.248 e. The SMILES string of the molecule is CCCCCCCC/C=C\CCCCCCCCN1C(=O)CC(S(=O)(=O)CCO)C1=O. The Morgan fingerprint density at radius 1 is 0.871 bits per heavy atom. The summed E-state index contributed by atoms with van der Waals surface area (Å²) >= 11 is 0. The van der Waals surface area contributed by atoms with Crippen molar-refractivity contribution in [1.29, 1.82) is 0 Å². The molecule has 0 saturated carbocycles. The Kier molecular flexibility index (Phi) is 14.7. The van der Waals surface area contributed by atoms with Crippen LogP contribution in [-0.2, 0) is 19.4 Å². The van der Waals surface area contributed by atoms with Gasteiger partial charge in [0.2, 0.25) is 11.8 Å². The maximum atomic E-state index is 12.3. The normalized spacial score (nSPS) is 17.4. The molecular weight excluding hydrogens is 414 g/mol. The number of sulfone groups is 1. The van der Waals surface area contributed by atoms with E-state index in [4.69, 9.17) is 5.11 Å². The molecule has 1 aliphatic rings. The number of aliphatic hydroxyl groups is 1. The highest BCUT2D eigenvalue weighted by Gasteiger charge is 2.45. The molecule has 7 heteroatoms. The largest absolute Gasteiger partial charge is 0.395 e. The highest BCUT2D eigenvalue weighted by Crippen LogP contribution is 2.21. The third-order valence-electron chi connectivity index (χ3n) is 5.91. The lowest BCUT2D eigenvalue weighted by Gasteiger charge is -2.14. The summed E-state index contributed by atoms with van der Waals surface area (Å²) in [6, 6.07) is 0. The molecule has 0 radical (unpaired) electrons. The van der Waals surface area contributed by atoms with E-state index in [0.717, 1.165) is 30.6 Å². The number of hydrogen-bond donors (Lipinski definition) is 1. The van der Waals surface area contributed by atoms with E-state index < -0.39 is 39.3 Å². The zero-order valence-electron chi connectivity index (χ0n) is 19.4. The molecule has 0 spiro atoms. The molecule has 6 nitrogen and oxygen atoms in total. The molecule has 0 aromatic rings. The molecule has 1 heterocycles. The predicted octanol–water partition coefficient (Wildman–Crippen LogP) is 4.56. The molecule has 31 heavy (non-hydrogen) atoms. The minimum absolute atomic E-state index is 0.284. The van der Waals surface area contributed by atoms with Crippen molar-refractivity contribution < 1.29 is 23.1 Å². The van der Waals surface area contributed by atoms with E-state index in [2.05, 4.69) is 19.1 Å². The van der Waals surface area contributed by atoms with Gasteiger partial charge in [-0.2, -0.15) is 0 Å². The summed E-state index contributed by atoms with van der Waals surface area (Å²) < 4.78 is 24.0. The van der Waals surface area contributed by atoms with Crippen molar-refractivity contribution in [3.63, 3.8) is 0 Å². The van der Waals surface area contributed by atoms with Crippen LogP contribution in [0.4, 0.5) is 0 Å². The molecule has 1 aliphatic heterocycles. The third-order valence-corrected chi connectivity index (χ3v) is 7.89. The Morgan fingerprint density at radius 2 is 1.39 bits per heavy atom. The fraction of sp³-hybridized carbons (Fsp3) is 0.833. The number of hydrogen-bond acceptors (Lipinski definition) is 5. The van der Waals surface area contributed by atoms with Gasteiger partial charge in [0.05, 0.1) is 18.8 Å². The van der Waals surface area contributed by atoms with Gasteiger partial charge in [-0.1, -0.05) is 76.9 Å². The standard InChI is InChI=1S/C24H43NO5S/c1-2-3-4-5-6-7-8-9-10-11-12-13-14-15-16-17-18-25-23(27)21-22(24(25)28)31(29,30)20-19-26/h9-10,22,26H,2-8,11-21H2,1H3/b10-9-. The first kappa shape index (κ1) is 27.8. The minimum Gasteiger partial charge on any atom is -0.395 e. The summed E-state index contributed by atoms with van der Waals surface area (Å²) in [6.07, 6.45) is 20.9. The Bertz CT molecular complexity index is 644. The number of unbranched alkanes of at least 4 members (excludes halogenated alkanes) is 12. The van der Waals surface area contributed by atoms with E-state index in [0.29, 0.717) is 13.0 Å². The average molecular weight is 458 g/mol. The monoisotopic (exact) mass is 457 g/mol. The van der Waals surface area contributed by atoms with Gasteiger partial charge >= 0.3 is 0 Å². The third kappa shape index (κ3) is 11.3. The molecule has 0 aromatic heterocycles. The van der Waals surface area contributed by atoms with Crippen LogP contribution in [0.2, 0.25) is 0 Å². The number of rotatable bonds is 19. The van der Waals surface area contributed by atoms with Crippen LogP contribution >= 0.6 is 0 Å². The van der Waals surface area contributed by atoms with Crippen molar-refractivity contribution >= 4 is 21.7 Å². The van der Waals surface area contributed by atoms with Crippen LogP contribution in [0, 0.1) is 0 Å². The summed E-state index contributed by atoms with van der Waals surface area (Å²) in [5, 5.41) is 7.54. The molecule has 1 atom stereocenters. The number of nitrogens with zero attached hydrogens (tertiary/aromatic N) is 1. The van der Waals surface area contributed by atoms with E-state index in [-0.39, 0.29) is 6.42 Å². The number of amides is 2. The van der Waals surface area contributed by atoms with Gasteiger partial charge in [-0.05, 0) is 32.1 Å². The maximum Gasteiger partial charge on any atom is 0.248 e. The van der Waals surface area contributed by atoms with Crippen LogP contribution < -0.4 is 0 Å². The molecule has 1 N–H and O–H groups in total. The van der Waals surface area contributed by atoms with Gasteiger partial charge in [-0.3, -0.25) is 14.5 Å². The highest BCUT2D eigenvalue weighted by molar-refractivity contribution is 7.92. The van der Waals surface area contributed by atoms with Crippen LogP contribution in [0.1, 0.15) is 103 Å². The van der Waals surface area contributed by atoms with Crippen LogP contribution in [0.3, 0.4) is 0 Å². The predicted molar refractivity (Wildman–Crippen MR) is 125 cm³/mol. The van der Waals surface area contributed by atoms with Crippen molar-refractivity contribution in [1.82, 2.24) is 4.90 Å². The topological polar surface area (TPSA) is 91.8 Å². The Hall–Kier alpha value is -1.21. The van der Waals surface area contributed by atoms with E-state index >= 15 is 0 Å². The zero-order chi connectivity index (χ0) is 23.0. The summed E-state index contributed by atoms with van der Waals surface area (Å²) in [4.78, 5) is 25.4. The fourth-order valence-corrected chi connectivity index (χ4v) is 5.33. The number of allylic oxidation sites excluding steroid dienone is 2. The van der Waals surface area contributed by atoms with Crippen molar-refractivity contribution in [3.05, 3.63) is 12.2 Å².